The van der Waals surface area contributed by atoms with E-state index < -0.39 is 11.5 Å². The van der Waals surface area contributed by atoms with Crippen LogP contribution in [0, 0.1) is 5.92 Å². The van der Waals surface area contributed by atoms with E-state index in [1.807, 2.05) is 6.92 Å². The summed E-state index contributed by atoms with van der Waals surface area (Å²) in [5, 5.41) is 11.4. The smallest absolute Gasteiger partial charge is 0.328 e. The third-order valence-corrected chi connectivity index (χ3v) is 2.41. The second-order valence-electron chi connectivity index (χ2n) is 4.46. The molecule has 1 unspecified atom stereocenters. The highest BCUT2D eigenvalue weighted by Gasteiger charge is 2.30. The Kier molecular flexibility index (Phi) is 5.33. The van der Waals surface area contributed by atoms with Crippen LogP contribution in [0.4, 0.5) is 0 Å². The molecule has 0 aliphatic rings. The Balaban J connectivity index is 4.18. The van der Waals surface area contributed by atoms with Crippen LogP contribution < -0.4 is 5.32 Å². The predicted octanol–water partition coefficient (Wildman–Crippen LogP) is 1.79. The van der Waals surface area contributed by atoms with E-state index in [9.17, 15) is 9.59 Å². The number of carboxylic acid groups (broad SMARTS) is 1. The van der Waals surface area contributed by atoms with Crippen LogP contribution in [0.3, 0.4) is 0 Å². The van der Waals surface area contributed by atoms with Crippen molar-refractivity contribution >= 4 is 11.9 Å². The van der Waals surface area contributed by atoms with E-state index >= 15 is 0 Å². The molecular weight excluding hydrogens is 194 g/mol. The number of unbranched alkanes of at least 4 members (excludes halogenated alkanes) is 1. The number of rotatable bonds is 6. The molecule has 2 N–H and O–H groups in total. The molecule has 0 spiro atoms. The standard InChI is InChI=1S/C11H21NO3/c1-5-6-7-8(2)9(13)12-11(3,4)10(14)15/h8H,5-7H2,1-4H3,(H,12,13)(H,14,15). The van der Waals surface area contributed by atoms with Crippen molar-refractivity contribution in [1.82, 2.24) is 5.32 Å². The molecule has 0 radical (unpaired) electrons. The Morgan fingerprint density at radius 1 is 1.40 bits per heavy atom. The van der Waals surface area contributed by atoms with Crippen molar-refractivity contribution in [2.45, 2.75) is 52.5 Å². The average Bonchev–Trinajstić information content (AvgIpc) is 2.13. The van der Waals surface area contributed by atoms with Crippen LogP contribution in [0.5, 0.6) is 0 Å². The molecule has 1 amide bonds. The van der Waals surface area contributed by atoms with Gasteiger partial charge in [-0.15, -0.1) is 0 Å². The lowest BCUT2D eigenvalue weighted by atomic mass is 10.00. The molecule has 0 bridgehead atoms. The van der Waals surface area contributed by atoms with Gasteiger partial charge in [0.15, 0.2) is 0 Å². The molecule has 0 aromatic carbocycles. The van der Waals surface area contributed by atoms with Crippen molar-refractivity contribution in [3.05, 3.63) is 0 Å². The lowest BCUT2D eigenvalue weighted by molar-refractivity contribution is -0.146. The molecule has 0 aromatic rings. The first-order chi connectivity index (χ1) is 6.81. The van der Waals surface area contributed by atoms with E-state index in [0.717, 1.165) is 19.3 Å². The molecule has 4 heteroatoms. The molecule has 0 fully saturated rings. The van der Waals surface area contributed by atoms with Gasteiger partial charge in [0, 0.05) is 5.92 Å². The lowest BCUT2D eigenvalue weighted by Crippen LogP contribution is -2.51. The van der Waals surface area contributed by atoms with Gasteiger partial charge in [-0.1, -0.05) is 26.7 Å². The summed E-state index contributed by atoms with van der Waals surface area (Å²) in [4.78, 5) is 22.4. The molecule has 15 heavy (non-hydrogen) atoms. The monoisotopic (exact) mass is 215 g/mol. The molecular formula is C11H21NO3. The number of hydrogen-bond acceptors (Lipinski definition) is 2. The number of aliphatic carboxylic acids is 1. The van der Waals surface area contributed by atoms with Crippen molar-refractivity contribution in [2.75, 3.05) is 0 Å². The molecule has 1 atom stereocenters. The summed E-state index contributed by atoms with van der Waals surface area (Å²) in [6.07, 6.45) is 2.83. The number of amides is 1. The zero-order valence-corrected chi connectivity index (χ0v) is 9.96. The Bertz CT molecular complexity index is 236. The normalized spacial score (nSPS) is 13.3. The minimum atomic E-state index is -1.18. The van der Waals surface area contributed by atoms with Gasteiger partial charge in [-0.25, -0.2) is 4.79 Å². The minimum absolute atomic E-state index is 0.122. The van der Waals surface area contributed by atoms with Crippen LogP contribution in [0.1, 0.15) is 47.0 Å². The topological polar surface area (TPSA) is 66.4 Å². The SMILES string of the molecule is CCCCC(C)C(=O)NC(C)(C)C(=O)O. The number of hydrogen-bond donors (Lipinski definition) is 2. The Hall–Kier alpha value is -1.06. The fourth-order valence-corrected chi connectivity index (χ4v) is 1.13. The van der Waals surface area contributed by atoms with Crippen molar-refractivity contribution < 1.29 is 14.7 Å². The van der Waals surface area contributed by atoms with Gasteiger partial charge in [0.2, 0.25) is 5.91 Å². The summed E-state index contributed by atoms with van der Waals surface area (Å²) < 4.78 is 0. The summed E-state index contributed by atoms with van der Waals surface area (Å²) >= 11 is 0. The Morgan fingerprint density at radius 3 is 2.33 bits per heavy atom. The van der Waals surface area contributed by atoms with Gasteiger partial charge >= 0.3 is 5.97 Å². The molecule has 88 valence electrons. The largest absolute Gasteiger partial charge is 0.480 e. The molecule has 0 saturated heterocycles. The second-order valence-corrected chi connectivity index (χ2v) is 4.46. The summed E-state index contributed by atoms with van der Waals surface area (Å²) in [5.41, 5.74) is -1.18. The summed E-state index contributed by atoms with van der Waals surface area (Å²) in [7, 11) is 0. The quantitative estimate of drug-likeness (QED) is 0.710. The van der Waals surface area contributed by atoms with Gasteiger partial charge < -0.3 is 10.4 Å². The molecule has 0 aromatic heterocycles. The zero-order valence-electron chi connectivity index (χ0n) is 9.96. The van der Waals surface area contributed by atoms with E-state index in [1.54, 1.807) is 0 Å². The molecule has 0 heterocycles. The third kappa shape index (κ3) is 4.81. The number of carboxylic acids is 1. The van der Waals surface area contributed by atoms with E-state index in [0.29, 0.717) is 0 Å². The van der Waals surface area contributed by atoms with Crippen molar-refractivity contribution in [1.29, 1.82) is 0 Å². The summed E-state index contributed by atoms with van der Waals surface area (Å²) in [6.45, 7) is 6.86. The van der Waals surface area contributed by atoms with Crippen LogP contribution in [0.25, 0.3) is 0 Å². The fourth-order valence-electron chi connectivity index (χ4n) is 1.13. The predicted molar refractivity (Wildman–Crippen MR) is 58.5 cm³/mol. The maximum atomic E-state index is 11.6. The van der Waals surface area contributed by atoms with Crippen LogP contribution in [0.15, 0.2) is 0 Å². The van der Waals surface area contributed by atoms with Crippen molar-refractivity contribution in [3.63, 3.8) is 0 Å². The molecule has 0 aliphatic heterocycles. The van der Waals surface area contributed by atoms with Gasteiger partial charge in [-0.05, 0) is 20.3 Å². The summed E-state index contributed by atoms with van der Waals surface area (Å²) in [6, 6.07) is 0. The highest BCUT2D eigenvalue weighted by atomic mass is 16.4. The minimum Gasteiger partial charge on any atom is -0.480 e. The number of nitrogens with one attached hydrogen (secondary N) is 1. The van der Waals surface area contributed by atoms with Crippen molar-refractivity contribution in [3.8, 4) is 0 Å². The Labute approximate surface area is 91.1 Å². The van der Waals surface area contributed by atoms with Gasteiger partial charge in [0.25, 0.3) is 0 Å². The van der Waals surface area contributed by atoms with Crippen molar-refractivity contribution in [2.24, 2.45) is 5.92 Å². The highest BCUT2D eigenvalue weighted by Crippen LogP contribution is 2.10. The first-order valence-electron chi connectivity index (χ1n) is 5.36. The number of carbonyl (C=O) groups is 2. The van der Waals surface area contributed by atoms with E-state index in [4.69, 9.17) is 5.11 Å². The molecule has 4 nitrogen and oxygen atoms in total. The van der Waals surface area contributed by atoms with Crippen LogP contribution in [0.2, 0.25) is 0 Å². The maximum Gasteiger partial charge on any atom is 0.328 e. The van der Waals surface area contributed by atoms with Crippen LogP contribution in [-0.2, 0) is 9.59 Å². The van der Waals surface area contributed by atoms with Gasteiger partial charge in [0.1, 0.15) is 5.54 Å². The first kappa shape index (κ1) is 13.9. The average molecular weight is 215 g/mol. The van der Waals surface area contributed by atoms with E-state index in [1.165, 1.54) is 13.8 Å². The highest BCUT2D eigenvalue weighted by molar-refractivity contribution is 5.87. The summed E-state index contributed by atoms with van der Waals surface area (Å²) in [5.74, 6) is -1.32. The van der Waals surface area contributed by atoms with E-state index in [-0.39, 0.29) is 11.8 Å². The first-order valence-corrected chi connectivity index (χ1v) is 5.36. The maximum absolute atomic E-state index is 11.6. The fraction of sp³-hybridized carbons (Fsp3) is 0.818. The number of carbonyl (C=O) groups excluding carboxylic acids is 1. The van der Waals surface area contributed by atoms with Crippen LogP contribution >= 0.6 is 0 Å². The molecule has 0 saturated carbocycles. The van der Waals surface area contributed by atoms with Gasteiger partial charge in [-0.2, -0.15) is 0 Å². The second kappa shape index (κ2) is 5.73. The third-order valence-electron chi connectivity index (χ3n) is 2.41. The van der Waals surface area contributed by atoms with Crippen LogP contribution in [-0.4, -0.2) is 22.5 Å². The molecule has 0 aliphatic carbocycles. The Morgan fingerprint density at radius 2 is 1.93 bits per heavy atom. The van der Waals surface area contributed by atoms with Gasteiger partial charge in [-0.3, -0.25) is 4.79 Å². The van der Waals surface area contributed by atoms with Gasteiger partial charge in [0.05, 0.1) is 0 Å². The molecule has 0 rings (SSSR count). The zero-order chi connectivity index (χ0) is 12.1. The lowest BCUT2D eigenvalue weighted by Gasteiger charge is -2.23. The van der Waals surface area contributed by atoms with E-state index in [2.05, 4.69) is 12.2 Å².